The second-order valence-electron chi connectivity index (χ2n) is 5.97. The van der Waals surface area contributed by atoms with Crippen LogP contribution in [0.5, 0.6) is 0 Å². The summed E-state index contributed by atoms with van der Waals surface area (Å²) in [4.78, 5) is 26.0. The van der Waals surface area contributed by atoms with E-state index in [4.69, 9.17) is 16.3 Å². The van der Waals surface area contributed by atoms with E-state index in [-0.39, 0.29) is 5.91 Å². The average Bonchev–Trinajstić information content (AvgIpc) is 2.85. The van der Waals surface area contributed by atoms with Gasteiger partial charge in [0.15, 0.2) is 0 Å². The second kappa shape index (κ2) is 6.79. The van der Waals surface area contributed by atoms with E-state index in [1.165, 1.54) is 16.7 Å². The Kier molecular flexibility index (Phi) is 5.24. The van der Waals surface area contributed by atoms with Crippen LogP contribution >= 0.6 is 23.4 Å². The van der Waals surface area contributed by atoms with E-state index < -0.39 is 17.7 Å². The molecule has 22 heavy (non-hydrogen) atoms. The molecule has 1 N–H and O–H groups in total. The highest BCUT2D eigenvalue weighted by atomic mass is 35.5. The zero-order valence-electron chi connectivity index (χ0n) is 12.8. The first-order valence-corrected chi connectivity index (χ1v) is 8.43. The summed E-state index contributed by atoms with van der Waals surface area (Å²) < 4.78 is 5.34. The molecule has 0 saturated carbocycles. The van der Waals surface area contributed by atoms with Crippen molar-refractivity contribution in [3.63, 3.8) is 0 Å². The van der Waals surface area contributed by atoms with Gasteiger partial charge in [-0.25, -0.2) is 4.79 Å². The molecule has 0 radical (unpaired) electrons. The number of ether oxygens (including phenoxy) is 1. The smallest absolute Gasteiger partial charge is 0.411 e. The molecule has 2 rings (SSSR count). The summed E-state index contributed by atoms with van der Waals surface area (Å²) in [6.45, 7) is 5.40. The molecule has 1 aromatic rings. The van der Waals surface area contributed by atoms with E-state index >= 15 is 0 Å². The van der Waals surface area contributed by atoms with E-state index in [0.717, 1.165) is 0 Å². The number of nitrogens with zero attached hydrogens (tertiary/aromatic N) is 1. The Labute approximate surface area is 139 Å². The van der Waals surface area contributed by atoms with E-state index in [0.29, 0.717) is 22.3 Å². The van der Waals surface area contributed by atoms with Crippen LogP contribution in [0.4, 0.5) is 10.5 Å². The van der Waals surface area contributed by atoms with Gasteiger partial charge < -0.3 is 10.1 Å². The molecule has 0 aromatic heterocycles. The quantitative estimate of drug-likeness (QED) is 0.892. The molecule has 5 nitrogen and oxygen atoms in total. The molecule has 0 aliphatic carbocycles. The predicted molar refractivity (Wildman–Crippen MR) is 89.3 cm³/mol. The van der Waals surface area contributed by atoms with Crippen LogP contribution in [0.25, 0.3) is 0 Å². The number of hydrogen-bond donors (Lipinski definition) is 1. The van der Waals surface area contributed by atoms with Crippen molar-refractivity contribution in [1.29, 1.82) is 0 Å². The highest BCUT2D eigenvalue weighted by Gasteiger charge is 2.37. The maximum absolute atomic E-state index is 12.4. The number of benzene rings is 1. The Morgan fingerprint density at radius 1 is 1.41 bits per heavy atom. The van der Waals surface area contributed by atoms with Crippen molar-refractivity contribution >= 4 is 41.1 Å². The number of carbonyl (C=O) groups is 2. The molecule has 1 aliphatic heterocycles. The summed E-state index contributed by atoms with van der Waals surface area (Å²) in [5, 5.41) is 3.33. The molecule has 0 bridgehead atoms. The topological polar surface area (TPSA) is 58.6 Å². The molecular formula is C15H19ClN2O3S. The number of rotatable bonds is 2. The fourth-order valence-electron chi connectivity index (χ4n) is 1.95. The number of thioether (sulfide) groups is 1. The summed E-state index contributed by atoms with van der Waals surface area (Å²) >= 11 is 7.42. The number of halogens is 1. The fraction of sp³-hybridized carbons (Fsp3) is 0.467. The lowest BCUT2D eigenvalue weighted by Gasteiger charge is -2.27. The highest BCUT2D eigenvalue weighted by molar-refractivity contribution is 7.99. The monoisotopic (exact) mass is 342 g/mol. The second-order valence-corrected chi connectivity index (χ2v) is 7.40. The molecule has 0 spiro atoms. The molecule has 1 fully saturated rings. The normalized spacial score (nSPS) is 18.2. The molecule has 1 atom stereocenters. The number of amides is 2. The van der Waals surface area contributed by atoms with Crippen LogP contribution in [0.2, 0.25) is 5.02 Å². The van der Waals surface area contributed by atoms with Gasteiger partial charge in [-0.2, -0.15) is 0 Å². The highest BCUT2D eigenvalue weighted by Crippen LogP contribution is 2.25. The third kappa shape index (κ3) is 4.55. The van der Waals surface area contributed by atoms with Crippen LogP contribution in [0, 0.1) is 0 Å². The van der Waals surface area contributed by atoms with Crippen molar-refractivity contribution in [2.75, 3.05) is 16.9 Å². The summed E-state index contributed by atoms with van der Waals surface area (Å²) in [5.41, 5.74) is 0.0248. The van der Waals surface area contributed by atoms with Crippen LogP contribution in [0.1, 0.15) is 20.8 Å². The first-order valence-electron chi connectivity index (χ1n) is 6.90. The van der Waals surface area contributed by atoms with Gasteiger partial charge in [-0.1, -0.05) is 17.7 Å². The minimum atomic E-state index is -0.585. The minimum Gasteiger partial charge on any atom is -0.444 e. The summed E-state index contributed by atoms with van der Waals surface area (Å²) in [7, 11) is 0. The third-order valence-corrected chi connectivity index (χ3v) is 4.15. The maximum atomic E-state index is 12.4. The Hall–Kier alpha value is -1.40. The minimum absolute atomic E-state index is 0.238. The summed E-state index contributed by atoms with van der Waals surface area (Å²) in [6.07, 6.45) is -0.469. The van der Waals surface area contributed by atoms with Gasteiger partial charge >= 0.3 is 6.09 Å². The lowest BCUT2D eigenvalue weighted by Crippen LogP contribution is -2.46. The van der Waals surface area contributed by atoms with Crippen LogP contribution in [0.3, 0.4) is 0 Å². The van der Waals surface area contributed by atoms with E-state index in [1.807, 2.05) is 0 Å². The molecule has 1 unspecified atom stereocenters. The van der Waals surface area contributed by atoms with E-state index in [2.05, 4.69) is 5.32 Å². The zero-order chi connectivity index (χ0) is 16.3. The van der Waals surface area contributed by atoms with Gasteiger partial charge in [-0.3, -0.25) is 9.69 Å². The average molecular weight is 343 g/mol. The van der Waals surface area contributed by atoms with E-state index in [1.54, 1.807) is 45.0 Å². The predicted octanol–water partition coefficient (Wildman–Crippen LogP) is 3.59. The first kappa shape index (κ1) is 17.0. The van der Waals surface area contributed by atoms with Gasteiger partial charge in [-0.15, -0.1) is 11.8 Å². The standard InChI is InChI=1S/C15H19ClN2O3S/c1-15(2,3)21-14(20)18-9-22-8-12(18)13(19)17-11-6-4-5-10(16)7-11/h4-7,12H,8-9H2,1-3H3,(H,17,19). The molecule has 1 aromatic carbocycles. The molecule has 2 amide bonds. The molecule has 7 heteroatoms. The first-order chi connectivity index (χ1) is 10.3. The Balaban J connectivity index is 2.03. The summed E-state index contributed by atoms with van der Waals surface area (Å²) in [6, 6.07) is 6.37. The fourth-order valence-corrected chi connectivity index (χ4v) is 3.28. The van der Waals surface area contributed by atoms with E-state index in [9.17, 15) is 9.59 Å². The third-order valence-electron chi connectivity index (χ3n) is 2.91. The van der Waals surface area contributed by atoms with Gasteiger partial charge in [0, 0.05) is 16.5 Å². The van der Waals surface area contributed by atoms with Gasteiger partial charge in [-0.05, 0) is 39.0 Å². The van der Waals surface area contributed by atoms with Crippen molar-refractivity contribution in [2.24, 2.45) is 0 Å². The van der Waals surface area contributed by atoms with Crippen molar-refractivity contribution in [3.8, 4) is 0 Å². The molecular weight excluding hydrogens is 324 g/mol. The van der Waals surface area contributed by atoms with Crippen LogP contribution in [-0.2, 0) is 9.53 Å². The molecule has 1 heterocycles. The van der Waals surface area contributed by atoms with Gasteiger partial charge in [0.1, 0.15) is 11.6 Å². The van der Waals surface area contributed by atoms with Crippen molar-refractivity contribution < 1.29 is 14.3 Å². The van der Waals surface area contributed by atoms with Crippen molar-refractivity contribution in [2.45, 2.75) is 32.4 Å². The number of carbonyl (C=O) groups excluding carboxylic acids is 2. The zero-order valence-corrected chi connectivity index (χ0v) is 14.3. The van der Waals surface area contributed by atoms with Crippen LogP contribution < -0.4 is 5.32 Å². The SMILES string of the molecule is CC(C)(C)OC(=O)N1CSCC1C(=O)Nc1cccc(Cl)c1. The Bertz CT molecular complexity index is 574. The number of anilines is 1. The van der Waals surface area contributed by atoms with Gasteiger partial charge in [0.05, 0.1) is 5.88 Å². The largest absolute Gasteiger partial charge is 0.444 e. The maximum Gasteiger partial charge on any atom is 0.411 e. The van der Waals surface area contributed by atoms with Gasteiger partial charge in [0.2, 0.25) is 5.91 Å². The van der Waals surface area contributed by atoms with Crippen molar-refractivity contribution in [1.82, 2.24) is 4.90 Å². The van der Waals surface area contributed by atoms with Gasteiger partial charge in [0.25, 0.3) is 0 Å². The lowest BCUT2D eigenvalue weighted by molar-refractivity contribution is -0.120. The molecule has 120 valence electrons. The molecule has 1 aliphatic rings. The molecule has 1 saturated heterocycles. The summed E-state index contributed by atoms with van der Waals surface area (Å²) in [5.74, 6) is 0.756. The lowest BCUT2D eigenvalue weighted by atomic mass is 10.2. The van der Waals surface area contributed by atoms with Crippen LogP contribution in [-0.4, -0.2) is 40.2 Å². The van der Waals surface area contributed by atoms with Crippen molar-refractivity contribution in [3.05, 3.63) is 29.3 Å². The Morgan fingerprint density at radius 2 is 2.14 bits per heavy atom. The number of hydrogen-bond acceptors (Lipinski definition) is 4. The van der Waals surface area contributed by atoms with Crippen LogP contribution in [0.15, 0.2) is 24.3 Å². The number of nitrogens with one attached hydrogen (secondary N) is 1. The Morgan fingerprint density at radius 3 is 2.77 bits per heavy atom.